The lowest BCUT2D eigenvalue weighted by molar-refractivity contribution is 0.329. The van der Waals surface area contributed by atoms with Crippen LogP contribution in [-0.2, 0) is 6.42 Å². The first-order valence-electron chi connectivity index (χ1n) is 10.4. The molecule has 1 N–H and O–H groups in total. The van der Waals surface area contributed by atoms with E-state index in [2.05, 4.69) is 76.4 Å². The van der Waals surface area contributed by atoms with Crippen molar-refractivity contribution in [2.24, 2.45) is 17.8 Å². The van der Waals surface area contributed by atoms with Gasteiger partial charge in [0.1, 0.15) is 5.75 Å². The number of fused-ring (bicyclic) bond motifs is 4. The largest absolute Gasteiger partial charge is 0.496 e. The predicted octanol–water partition coefficient (Wildman–Crippen LogP) is 5.55. The molecule has 3 atom stereocenters. The molecule has 1 aliphatic heterocycles. The van der Waals surface area contributed by atoms with E-state index < -0.39 is 0 Å². The summed E-state index contributed by atoms with van der Waals surface area (Å²) in [5, 5.41) is 3.86. The zero-order chi connectivity index (χ0) is 19.3. The van der Waals surface area contributed by atoms with Crippen molar-refractivity contribution in [1.82, 2.24) is 5.32 Å². The summed E-state index contributed by atoms with van der Waals surface area (Å²) in [6.07, 6.45) is 9.55. The maximum absolute atomic E-state index is 5.78. The zero-order valence-corrected chi connectivity index (χ0v) is 17.6. The number of hydrogen-bond donors (Lipinski definition) is 1. The predicted molar refractivity (Wildman–Crippen MR) is 114 cm³/mol. The van der Waals surface area contributed by atoms with Gasteiger partial charge in [0, 0.05) is 23.1 Å². The number of rotatable bonds is 3. The van der Waals surface area contributed by atoms with Gasteiger partial charge in [-0.15, -0.1) is 0 Å². The highest BCUT2D eigenvalue weighted by atomic mass is 16.5. The average molecular weight is 364 g/mol. The fraction of sp³-hybridized carbons (Fsp3) is 0.520. The fourth-order valence-electron chi connectivity index (χ4n) is 5.64. The molecule has 0 fully saturated rings. The van der Waals surface area contributed by atoms with Gasteiger partial charge in [-0.05, 0) is 68.2 Å². The van der Waals surface area contributed by atoms with Gasteiger partial charge in [-0.3, -0.25) is 0 Å². The average Bonchev–Trinajstić information content (AvgIpc) is 2.59. The van der Waals surface area contributed by atoms with E-state index in [1.807, 2.05) is 0 Å². The Kier molecular flexibility index (Phi) is 4.58. The summed E-state index contributed by atoms with van der Waals surface area (Å²) in [7, 11) is 1.79. The summed E-state index contributed by atoms with van der Waals surface area (Å²) in [5.74, 6) is 2.76. The van der Waals surface area contributed by atoms with Gasteiger partial charge in [-0.25, -0.2) is 0 Å². The van der Waals surface area contributed by atoms with Gasteiger partial charge in [0.05, 0.1) is 7.11 Å². The quantitative estimate of drug-likeness (QED) is 0.711. The van der Waals surface area contributed by atoms with Crippen LogP contribution in [-0.4, -0.2) is 18.7 Å². The third-order valence-corrected chi connectivity index (χ3v) is 6.36. The van der Waals surface area contributed by atoms with Crippen molar-refractivity contribution in [2.75, 3.05) is 7.11 Å². The summed E-state index contributed by atoms with van der Waals surface area (Å²) in [6, 6.07) is 6.92. The van der Waals surface area contributed by atoms with Crippen molar-refractivity contribution in [2.45, 2.75) is 59.0 Å². The molecule has 3 aliphatic rings. The summed E-state index contributed by atoms with van der Waals surface area (Å²) < 4.78 is 5.78. The Labute approximate surface area is 164 Å². The van der Waals surface area contributed by atoms with E-state index in [0.717, 1.165) is 12.2 Å². The van der Waals surface area contributed by atoms with E-state index in [4.69, 9.17) is 4.74 Å². The summed E-state index contributed by atoms with van der Waals surface area (Å²) in [6.45, 7) is 11.6. The molecule has 3 unspecified atom stereocenters. The van der Waals surface area contributed by atoms with E-state index in [1.165, 1.54) is 28.7 Å². The van der Waals surface area contributed by atoms with Crippen LogP contribution < -0.4 is 10.1 Å². The van der Waals surface area contributed by atoms with Crippen molar-refractivity contribution in [3.8, 4) is 5.75 Å². The number of ether oxygens (including phenoxy) is 1. The molecule has 2 nitrogen and oxygen atoms in total. The minimum absolute atomic E-state index is 0.0471. The van der Waals surface area contributed by atoms with Gasteiger partial charge in [0.25, 0.3) is 0 Å². The molecule has 0 aromatic heterocycles. The first-order valence-corrected chi connectivity index (χ1v) is 10.4. The Morgan fingerprint density at radius 1 is 1.26 bits per heavy atom. The second-order valence-electron chi connectivity index (χ2n) is 9.51. The van der Waals surface area contributed by atoms with Crippen molar-refractivity contribution < 1.29 is 4.74 Å². The fourth-order valence-corrected chi connectivity index (χ4v) is 5.64. The van der Waals surface area contributed by atoms with Crippen molar-refractivity contribution in [1.29, 1.82) is 0 Å². The molecule has 1 aromatic rings. The maximum atomic E-state index is 5.78. The van der Waals surface area contributed by atoms with Crippen LogP contribution in [0.2, 0.25) is 0 Å². The van der Waals surface area contributed by atoms with Crippen LogP contribution in [0, 0.1) is 17.8 Å². The molecule has 1 aromatic carbocycles. The molecule has 0 amide bonds. The molecular weight excluding hydrogens is 330 g/mol. The normalized spacial score (nSPS) is 28.4. The Morgan fingerprint density at radius 3 is 2.74 bits per heavy atom. The van der Waals surface area contributed by atoms with E-state index in [1.54, 1.807) is 12.7 Å². The molecule has 0 saturated heterocycles. The van der Waals surface area contributed by atoms with E-state index in [0.29, 0.717) is 23.8 Å². The van der Waals surface area contributed by atoms with Gasteiger partial charge in [0.15, 0.2) is 0 Å². The van der Waals surface area contributed by atoms with Gasteiger partial charge < -0.3 is 10.1 Å². The Bertz CT molecular complexity index is 840. The van der Waals surface area contributed by atoms with Crippen LogP contribution in [0.5, 0.6) is 5.75 Å². The molecule has 2 heteroatoms. The lowest BCUT2D eigenvalue weighted by atomic mass is 9.64. The first-order chi connectivity index (χ1) is 12.8. The molecule has 0 bridgehead atoms. The number of hydrogen-bond acceptors (Lipinski definition) is 2. The van der Waals surface area contributed by atoms with E-state index in [-0.39, 0.29) is 5.54 Å². The molecule has 0 radical (unpaired) electrons. The Morgan fingerprint density at radius 2 is 2.04 bits per heavy atom. The summed E-state index contributed by atoms with van der Waals surface area (Å²) in [5.41, 5.74) is 7.35. The molecule has 0 spiro atoms. The van der Waals surface area contributed by atoms with Crippen LogP contribution in [0.3, 0.4) is 0 Å². The standard InChI is InChI=1S/C25H33NO/c1-15(2)12-18-13-17-8-7-9-21(27-6)23(17)19-10-11-20-22(24(18)19)16(3)14-25(4,5)26-20/h7-11,14-15,18,20,22,26H,12-13H2,1-6H3. The van der Waals surface area contributed by atoms with Crippen LogP contribution in [0.25, 0.3) is 5.57 Å². The van der Waals surface area contributed by atoms with E-state index >= 15 is 0 Å². The highest BCUT2D eigenvalue weighted by Gasteiger charge is 2.42. The molecule has 1 heterocycles. The minimum atomic E-state index is 0.0471. The number of nitrogens with one attached hydrogen (secondary N) is 1. The van der Waals surface area contributed by atoms with E-state index in [9.17, 15) is 0 Å². The summed E-state index contributed by atoms with van der Waals surface area (Å²) >= 11 is 0. The van der Waals surface area contributed by atoms with Gasteiger partial charge in [-0.1, -0.05) is 49.8 Å². The third-order valence-electron chi connectivity index (χ3n) is 6.36. The second-order valence-corrected chi connectivity index (χ2v) is 9.51. The number of allylic oxidation sites excluding steroid dienone is 2. The maximum Gasteiger partial charge on any atom is 0.126 e. The van der Waals surface area contributed by atoms with Crippen LogP contribution in [0.15, 0.2) is 47.6 Å². The van der Waals surface area contributed by atoms with Crippen LogP contribution >= 0.6 is 0 Å². The van der Waals surface area contributed by atoms with Crippen molar-refractivity contribution >= 4 is 5.57 Å². The lowest BCUT2D eigenvalue weighted by Gasteiger charge is -2.46. The Hall–Kier alpha value is -1.80. The molecular formula is C25H33NO. The highest BCUT2D eigenvalue weighted by molar-refractivity contribution is 5.86. The van der Waals surface area contributed by atoms with Crippen molar-refractivity contribution in [3.63, 3.8) is 0 Å². The second kappa shape index (κ2) is 6.67. The van der Waals surface area contributed by atoms with Gasteiger partial charge in [-0.2, -0.15) is 0 Å². The van der Waals surface area contributed by atoms with Crippen LogP contribution in [0.1, 0.15) is 52.2 Å². The Balaban J connectivity index is 1.91. The smallest absolute Gasteiger partial charge is 0.126 e. The van der Waals surface area contributed by atoms with Crippen molar-refractivity contribution in [3.05, 3.63) is 58.7 Å². The minimum Gasteiger partial charge on any atom is -0.496 e. The van der Waals surface area contributed by atoms with Gasteiger partial charge in [0.2, 0.25) is 0 Å². The molecule has 144 valence electrons. The number of benzene rings is 1. The zero-order valence-electron chi connectivity index (χ0n) is 17.6. The SMILES string of the molecule is COc1cccc2c1C1=C(C(CC(C)C)C2)C2C(C)=CC(C)(C)NC2C=C1. The molecule has 27 heavy (non-hydrogen) atoms. The highest BCUT2D eigenvalue weighted by Crippen LogP contribution is 2.50. The van der Waals surface area contributed by atoms with Crippen LogP contribution in [0.4, 0.5) is 0 Å². The molecule has 2 aliphatic carbocycles. The summed E-state index contributed by atoms with van der Waals surface area (Å²) in [4.78, 5) is 0. The lowest BCUT2D eigenvalue weighted by Crippen LogP contribution is -2.53. The number of methoxy groups -OCH3 is 1. The monoisotopic (exact) mass is 363 g/mol. The third kappa shape index (κ3) is 3.18. The topological polar surface area (TPSA) is 21.3 Å². The molecule has 0 saturated carbocycles. The first kappa shape index (κ1) is 18.6. The van der Waals surface area contributed by atoms with Gasteiger partial charge >= 0.3 is 0 Å². The molecule has 4 rings (SSSR count).